The van der Waals surface area contributed by atoms with E-state index in [-0.39, 0.29) is 43.6 Å². The molecule has 0 aliphatic carbocycles. The molecule has 0 radical (unpaired) electrons. The second kappa shape index (κ2) is 7.83. The number of thiophene rings is 2. The number of rotatable bonds is 6. The van der Waals surface area contributed by atoms with Gasteiger partial charge in [0.2, 0.25) is 11.6 Å². The Morgan fingerprint density at radius 2 is 1.16 bits per heavy atom. The van der Waals surface area contributed by atoms with Crippen molar-refractivity contribution in [3.63, 3.8) is 0 Å². The summed E-state index contributed by atoms with van der Waals surface area (Å²) in [5.41, 5.74) is 12.3. The van der Waals surface area contributed by atoms with Crippen molar-refractivity contribution in [2.45, 2.75) is 0 Å². The summed E-state index contributed by atoms with van der Waals surface area (Å²) in [7, 11) is 0. The molecule has 12 heteroatoms. The minimum Gasteiger partial charge on any atom is -0.397 e. The predicted octanol–water partition coefficient (Wildman–Crippen LogP) is 4.41. The van der Waals surface area contributed by atoms with E-state index in [0.29, 0.717) is 9.40 Å². The van der Waals surface area contributed by atoms with Crippen molar-refractivity contribution in [3.8, 4) is 0 Å². The van der Waals surface area contributed by atoms with Gasteiger partial charge in [-0.3, -0.25) is 29.8 Å². The van der Waals surface area contributed by atoms with Crippen LogP contribution in [0.5, 0.6) is 0 Å². The smallest absolute Gasteiger partial charge is 0.270 e. The number of nitro benzene ring substituents is 2. The molecule has 4 aromatic rings. The van der Waals surface area contributed by atoms with Gasteiger partial charge in [-0.1, -0.05) is 24.3 Å². The Hall–Kier alpha value is -4.16. The molecule has 0 unspecified atom stereocenters. The molecule has 4 N–H and O–H groups in total. The lowest BCUT2D eigenvalue weighted by Gasteiger charge is -2.03. The lowest BCUT2D eigenvalue weighted by Crippen LogP contribution is -2.05. The summed E-state index contributed by atoms with van der Waals surface area (Å²) >= 11 is 2.06. The van der Waals surface area contributed by atoms with Gasteiger partial charge in [-0.25, -0.2) is 0 Å². The number of nitro groups is 2. The van der Waals surface area contributed by atoms with E-state index in [9.17, 15) is 29.8 Å². The number of ketones is 2. The molecule has 0 aliphatic rings. The zero-order valence-corrected chi connectivity index (χ0v) is 17.6. The summed E-state index contributed by atoms with van der Waals surface area (Å²) in [6.07, 6.45) is 0. The molecular formula is C20H12N4O6S2. The van der Waals surface area contributed by atoms with E-state index in [0.717, 1.165) is 34.8 Å². The van der Waals surface area contributed by atoms with Crippen LogP contribution in [0.4, 0.5) is 22.7 Å². The zero-order chi connectivity index (χ0) is 23.2. The molecule has 4 rings (SSSR count). The highest BCUT2D eigenvalue weighted by molar-refractivity contribution is 7.40. The highest BCUT2D eigenvalue weighted by Crippen LogP contribution is 2.46. The summed E-state index contributed by atoms with van der Waals surface area (Å²) in [4.78, 5) is 46.9. The van der Waals surface area contributed by atoms with Crippen LogP contribution < -0.4 is 11.5 Å². The van der Waals surface area contributed by atoms with Crippen molar-refractivity contribution in [2.75, 3.05) is 11.5 Å². The van der Waals surface area contributed by atoms with Crippen LogP contribution in [-0.2, 0) is 0 Å². The third-order valence-electron chi connectivity index (χ3n) is 4.67. The molecule has 2 heterocycles. The fourth-order valence-electron chi connectivity index (χ4n) is 3.13. The van der Waals surface area contributed by atoms with E-state index in [4.69, 9.17) is 11.5 Å². The molecule has 0 aliphatic heterocycles. The maximum atomic E-state index is 12.9. The summed E-state index contributed by atoms with van der Waals surface area (Å²) in [6.45, 7) is 0. The van der Waals surface area contributed by atoms with Crippen LogP contribution in [0.25, 0.3) is 9.40 Å². The molecule has 0 bridgehead atoms. The van der Waals surface area contributed by atoms with Gasteiger partial charge in [0.15, 0.2) is 0 Å². The number of carbonyl (C=O) groups is 2. The fourth-order valence-corrected chi connectivity index (χ4v) is 5.66. The van der Waals surface area contributed by atoms with Gasteiger partial charge in [0.1, 0.15) is 9.75 Å². The largest absolute Gasteiger partial charge is 0.397 e. The molecule has 0 fully saturated rings. The van der Waals surface area contributed by atoms with Crippen LogP contribution in [0.3, 0.4) is 0 Å². The van der Waals surface area contributed by atoms with E-state index in [1.54, 1.807) is 0 Å². The van der Waals surface area contributed by atoms with Gasteiger partial charge < -0.3 is 11.5 Å². The number of anilines is 2. The monoisotopic (exact) mass is 468 g/mol. The first-order valence-corrected chi connectivity index (χ1v) is 10.5. The molecule has 0 saturated carbocycles. The first-order chi connectivity index (χ1) is 15.2. The van der Waals surface area contributed by atoms with Gasteiger partial charge in [0.05, 0.1) is 30.6 Å². The number of nitrogens with two attached hydrogens (primary N) is 2. The summed E-state index contributed by atoms with van der Waals surface area (Å²) in [5.74, 6) is -0.990. The molecule has 0 spiro atoms. The average Bonchev–Trinajstić information content (AvgIpc) is 3.29. The number of benzene rings is 2. The average molecular weight is 468 g/mol. The topological polar surface area (TPSA) is 172 Å². The van der Waals surface area contributed by atoms with Gasteiger partial charge in [-0.2, -0.15) is 0 Å². The predicted molar refractivity (Wildman–Crippen MR) is 122 cm³/mol. The maximum absolute atomic E-state index is 12.9. The van der Waals surface area contributed by atoms with Crippen LogP contribution in [0.15, 0.2) is 48.5 Å². The number of hydrogen-bond donors (Lipinski definition) is 2. The van der Waals surface area contributed by atoms with Gasteiger partial charge in [0.25, 0.3) is 11.4 Å². The van der Waals surface area contributed by atoms with Crippen molar-refractivity contribution in [1.82, 2.24) is 0 Å². The van der Waals surface area contributed by atoms with Gasteiger partial charge in [-0.15, -0.1) is 22.7 Å². The van der Waals surface area contributed by atoms with Gasteiger partial charge in [-0.05, 0) is 0 Å². The molecule has 2 aromatic heterocycles. The van der Waals surface area contributed by atoms with E-state index in [2.05, 4.69) is 0 Å². The summed E-state index contributed by atoms with van der Waals surface area (Å²) in [5, 5.41) is 22.3. The first kappa shape index (κ1) is 21.1. The number of nitrogen functional groups attached to an aromatic ring is 2. The number of non-ortho nitro benzene ring substituents is 2. The standard InChI is InChI=1S/C20H12N4O6S2/c21-14-13-15(22)19(17(26)10-4-2-6-12(8-10)24(29)30)32-20(13)31-18(14)16(25)9-3-1-5-11(7-9)23(27)28/h1-8H,21-22H2. The summed E-state index contributed by atoms with van der Waals surface area (Å²) < 4.78 is 0.530. The lowest BCUT2D eigenvalue weighted by molar-refractivity contribution is -0.385. The number of fused-ring (bicyclic) bond motifs is 1. The Labute approximate surface area is 187 Å². The molecule has 0 saturated heterocycles. The highest BCUT2D eigenvalue weighted by Gasteiger charge is 2.27. The molecule has 160 valence electrons. The Morgan fingerprint density at radius 1 is 0.750 bits per heavy atom. The van der Waals surface area contributed by atoms with E-state index < -0.39 is 21.4 Å². The minimum absolute atomic E-state index is 0.0772. The van der Waals surface area contributed by atoms with E-state index in [1.165, 1.54) is 36.4 Å². The molecule has 2 aromatic carbocycles. The maximum Gasteiger partial charge on any atom is 0.270 e. The SMILES string of the molecule is Nc1c(C(=O)c2cccc([N+](=O)[O-])c2)sc2sc(C(=O)c3cccc([N+](=O)[O-])c3)c(N)c12. The lowest BCUT2D eigenvalue weighted by atomic mass is 10.1. The van der Waals surface area contributed by atoms with Gasteiger partial charge in [0, 0.05) is 35.4 Å². The molecular weight excluding hydrogens is 456 g/mol. The number of carbonyl (C=O) groups excluding carboxylic acids is 2. The summed E-state index contributed by atoms with van der Waals surface area (Å²) in [6, 6.07) is 10.6. The highest BCUT2D eigenvalue weighted by atomic mass is 32.2. The minimum atomic E-state index is -0.600. The second-order valence-corrected chi connectivity index (χ2v) is 8.92. The van der Waals surface area contributed by atoms with Crippen LogP contribution in [-0.4, -0.2) is 21.4 Å². The third-order valence-corrected chi connectivity index (χ3v) is 7.17. The third kappa shape index (κ3) is 3.46. The van der Waals surface area contributed by atoms with Crippen LogP contribution in [0.1, 0.15) is 30.5 Å². The van der Waals surface area contributed by atoms with Crippen LogP contribution in [0, 0.1) is 20.2 Å². The number of hydrogen-bond acceptors (Lipinski definition) is 10. The van der Waals surface area contributed by atoms with Crippen molar-refractivity contribution in [2.24, 2.45) is 0 Å². The van der Waals surface area contributed by atoms with Crippen molar-refractivity contribution in [3.05, 3.63) is 89.6 Å². The van der Waals surface area contributed by atoms with Crippen molar-refractivity contribution >= 4 is 66.4 Å². The van der Waals surface area contributed by atoms with E-state index in [1.807, 2.05) is 0 Å². The Kier molecular flexibility index (Phi) is 5.16. The Morgan fingerprint density at radius 3 is 1.50 bits per heavy atom. The van der Waals surface area contributed by atoms with Crippen molar-refractivity contribution < 1.29 is 19.4 Å². The number of nitrogens with zero attached hydrogens (tertiary/aromatic N) is 2. The quantitative estimate of drug-likeness (QED) is 0.238. The first-order valence-electron chi connectivity index (χ1n) is 8.87. The fraction of sp³-hybridized carbons (Fsp3) is 0. The van der Waals surface area contributed by atoms with Crippen molar-refractivity contribution in [1.29, 1.82) is 0 Å². The van der Waals surface area contributed by atoms with E-state index >= 15 is 0 Å². The Bertz CT molecular complexity index is 1350. The van der Waals surface area contributed by atoms with Gasteiger partial charge >= 0.3 is 0 Å². The molecule has 10 nitrogen and oxygen atoms in total. The molecule has 32 heavy (non-hydrogen) atoms. The molecule has 0 atom stereocenters. The van der Waals surface area contributed by atoms with Crippen LogP contribution in [0.2, 0.25) is 0 Å². The second-order valence-electron chi connectivity index (χ2n) is 6.63. The molecule has 0 amide bonds. The van der Waals surface area contributed by atoms with Crippen LogP contribution >= 0.6 is 22.7 Å². The normalized spacial score (nSPS) is 10.9. The Balaban J connectivity index is 1.74. The zero-order valence-electron chi connectivity index (χ0n) is 15.9.